The van der Waals surface area contributed by atoms with Crippen LogP contribution >= 0.6 is 0 Å². The fourth-order valence-electron chi connectivity index (χ4n) is 2.33. The summed E-state index contributed by atoms with van der Waals surface area (Å²) in [4.78, 5) is 0. The van der Waals surface area contributed by atoms with Gasteiger partial charge in [-0.3, -0.25) is 0 Å². The number of benzene rings is 2. The summed E-state index contributed by atoms with van der Waals surface area (Å²) >= 11 is 0. The molecular weight excluding hydrogens is 230 g/mol. The molecule has 2 rings (SSSR count). The van der Waals surface area contributed by atoms with Crippen LogP contribution < -0.4 is 0 Å². The van der Waals surface area contributed by atoms with Gasteiger partial charge in [-0.1, -0.05) is 38.8 Å². The van der Waals surface area contributed by atoms with Crippen LogP contribution in [0.3, 0.4) is 0 Å². The fraction of sp³-hybridized carbons (Fsp3) is 0.375. The Hall–Kier alpha value is -1.44. The van der Waals surface area contributed by atoms with E-state index in [1.54, 1.807) is 12.1 Å². The van der Waals surface area contributed by atoms with Crippen molar-refractivity contribution in [3.8, 4) is 0 Å². The van der Waals surface area contributed by atoms with Crippen molar-refractivity contribution in [2.45, 2.75) is 39.5 Å². The van der Waals surface area contributed by atoms with E-state index in [1.807, 2.05) is 19.1 Å². The van der Waals surface area contributed by atoms with Crippen LogP contribution in [0, 0.1) is 11.6 Å². The molecule has 0 aromatic heterocycles. The first kappa shape index (κ1) is 13.0. The van der Waals surface area contributed by atoms with Crippen LogP contribution in [-0.4, -0.2) is 0 Å². The zero-order valence-corrected chi connectivity index (χ0v) is 10.9. The van der Waals surface area contributed by atoms with Crippen molar-refractivity contribution in [2.75, 3.05) is 0 Å². The Kier molecular flexibility index (Phi) is 3.95. The van der Waals surface area contributed by atoms with Gasteiger partial charge in [0.1, 0.15) is 0 Å². The first-order chi connectivity index (χ1) is 8.67. The Morgan fingerprint density at radius 2 is 1.61 bits per heavy atom. The van der Waals surface area contributed by atoms with Gasteiger partial charge in [0.15, 0.2) is 11.6 Å². The zero-order valence-electron chi connectivity index (χ0n) is 10.9. The molecule has 0 nitrogen and oxygen atoms in total. The van der Waals surface area contributed by atoms with Gasteiger partial charge in [-0.05, 0) is 41.5 Å². The van der Waals surface area contributed by atoms with Gasteiger partial charge < -0.3 is 0 Å². The number of rotatable bonds is 4. The lowest BCUT2D eigenvalue weighted by Gasteiger charge is -2.08. The van der Waals surface area contributed by atoms with E-state index in [4.69, 9.17) is 0 Å². The third-order valence-electron chi connectivity index (χ3n) is 3.22. The molecule has 0 radical (unpaired) electrons. The van der Waals surface area contributed by atoms with Crippen LogP contribution in [-0.2, 0) is 12.8 Å². The summed E-state index contributed by atoms with van der Waals surface area (Å²) in [5.41, 5.74) is 1.54. The maximum absolute atomic E-state index is 14.0. The molecule has 0 unspecified atom stereocenters. The average Bonchev–Trinajstić information content (AvgIpc) is 2.37. The quantitative estimate of drug-likeness (QED) is 0.712. The Balaban J connectivity index is 2.58. The van der Waals surface area contributed by atoms with Gasteiger partial charge in [0.25, 0.3) is 0 Å². The van der Waals surface area contributed by atoms with Crippen LogP contribution in [0.2, 0.25) is 0 Å². The highest BCUT2D eigenvalue weighted by Crippen LogP contribution is 2.26. The molecule has 0 saturated carbocycles. The Morgan fingerprint density at radius 1 is 0.889 bits per heavy atom. The van der Waals surface area contributed by atoms with Gasteiger partial charge in [0, 0.05) is 5.39 Å². The van der Waals surface area contributed by atoms with E-state index < -0.39 is 11.6 Å². The van der Waals surface area contributed by atoms with Crippen LogP contribution in [0.1, 0.15) is 37.8 Å². The molecule has 96 valence electrons. The number of hydrogen-bond donors (Lipinski definition) is 0. The summed E-state index contributed by atoms with van der Waals surface area (Å²) in [6.07, 6.45) is 3.29. The largest absolute Gasteiger partial charge is 0.203 e. The standard InChI is InChI=1S/C16H18F2/c1-3-5-11-7-8-12-10-13(6-4-2)15(17)16(18)14(12)9-11/h7-10H,3-6H2,1-2H3. The first-order valence-electron chi connectivity index (χ1n) is 6.56. The molecule has 0 spiro atoms. The molecule has 2 aromatic rings. The van der Waals surface area contributed by atoms with Gasteiger partial charge in [-0.15, -0.1) is 0 Å². The summed E-state index contributed by atoms with van der Waals surface area (Å²) in [5, 5.41) is 1.19. The Labute approximate surface area is 107 Å². The third kappa shape index (κ3) is 2.38. The van der Waals surface area contributed by atoms with E-state index in [-0.39, 0.29) is 0 Å². The molecule has 0 bridgehead atoms. The second kappa shape index (κ2) is 5.47. The number of aryl methyl sites for hydroxylation is 2. The second-order valence-corrected chi connectivity index (χ2v) is 4.72. The molecule has 0 amide bonds. The lowest BCUT2D eigenvalue weighted by Crippen LogP contribution is -1.96. The van der Waals surface area contributed by atoms with Crippen LogP contribution in [0.25, 0.3) is 10.8 Å². The molecule has 0 N–H and O–H groups in total. The van der Waals surface area contributed by atoms with Crippen molar-refractivity contribution in [1.82, 2.24) is 0 Å². The third-order valence-corrected chi connectivity index (χ3v) is 3.22. The highest BCUT2D eigenvalue weighted by molar-refractivity contribution is 5.84. The van der Waals surface area contributed by atoms with E-state index in [9.17, 15) is 8.78 Å². The van der Waals surface area contributed by atoms with Gasteiger partial charge in [-0.25, -0.2) is 8.78 Å². The first-order valence-corrected chi connectivity index (χ1v) is 6.56. The Bertz CT molecular complexity index is 559. The minimum atomic E-state index is -0.700. The molecule has 2 aromatic carbocycles. The number of hydrogen-bond acceptors (Lipinski definition) is 0. The maximum atomic E-state index is 14.0. The highest BCUT2D eigenvalue weighted by atomic mass is 19.2. The smallest absolute Gasteiger partial charge is 0.166 e. The molecule has 0 aliphatic heterocycles. The fourth-order valence-corrected chi connectivity index (χ4v) is 2.33. The van der Waals surface area contributed by atoms with Crippen molar-refractivity contribution in [1.29, 1.82) is 0 Å². The van der Waals surface area contributed by atoms with Gasteiger partial charge in [0.05, 0.1) is 0 Å². The van der Waals surface area contributed by atoms with E-state index in [0.717, 1.165) is 30.2 Å². The van der Waals surface area contributed by atoms with Gasteiger partial charge >= 0.3 is 0 Å². The van der Waals surface area contributed by atoms with Crippen LogP contribution in [0.15, 0.2) is 24.3 Å². The lowest BCUT2D eigenvalue weighted by molar-refractivity contribution is 0.506. The van der Waals surface area contributed by atoms with E-state index in [2.05, 4.69) is 6.92 Å². The number of fused-ring (bicyclic) bond motifs is 1. The molecule has 0 aliphatic rings. The topological polar surface area (TPSA) is 0 Å². The molecule has 2 heteroatoms. The van der Waals surface area contributed by atoms with Crippen molar-refractivity contribution in [3.05, 3.63) is 47.0 Å². The predicted octanol–water partition coefficient (Wildman–Crippen LogP) is 5.02. The van der Waals surface area contributed by atoms with E-state index in [0.29, 0.717) is 17.4 Å². The number of halogens is 2. The van der Waals surface area contributed by atoms with E-state index >= 15 is 0 Å². The molecule has 18 heavy (non-hydrogen) atoms. The zero-order chi connectivity index (χ0) is 13.1. The normalized spacial score (nSPS) is 11.1. The Morgan fingerprint density at radius 3 is 2.28 bits per heavy atom. The van der Waals surface area contributed by atoms with Crippen molar-refractivity contribution in [3.63, 3.8) is 0 Å². The molecule has 0 aliphatic carbocycles. The molecule has 0 saturated heterocycles. The molecule has 0 atom stereocenters. The lowest BCUT2D eigenvalue weighted by atomic mass is 9.99. The maximum Gasteiger partial charge on any atom is 0.166 e. The summed E-state index contributed by atoms with van der Waals surface area (Å²) < 4.78 is 27.9. The van der Waals surface area contributed by atoms with E-state index in [1.165, 1.54) is 0 Å². The minimum absolute atomic E-state index is 0.401. The van der Waals surface area contributed by atoms with Gasteiger partial charge in [-0.2, -0.15) is 0 Å². The van der Waals surface area contributed by atoms with Crippen LogP contribution in [0.4, 0.5) is 8.78 Å². The summed E-state index contributed by atoms with van der Waals surface area (Å²) in [7, 11) is 0. The highest BCUT2D eigenvalue weighted by Gasteiger charge is 2.13. The van der Waals surface area contributed by atoms with Crippen molar-refractivity contribution < 1.29 is 8.78 Å². The van der Waals surface area contributed by atoms with Crippen LogP contribution in [0.5, 0.6) is 0 Å². The summed E-state index contributed by atoms with van der Waals surface area (Å²) in [5.74, 6) is -1.38. The average molecular weight is 248 g/mol. The molecule has 0 fully saturated rings. The van der Waals surface area contributed by atoms with Gasteiger partial charge in [0.2, 0.25) is 0 Å². The second-order valence-electron chi connectivity index (χ2n) is 4.72. The van der Waals surface area contributed by atoms with Crippen molar-refractivity contribution in [2.24, 2.45) is 0 Å². The predicted molar refractivity (Wildman–Crippen MR) is 71.9 cm³/mol. The van der Waals surface area contributed by atoms with Crippen molar-refractivity contribution >= 4 is 10.8 Å². The summed E-state index contributed by atoms with van der Waals surface area (Å²) in [6, 6.07) is 7.43. The molecular formula is C16H18F2. The monoisotopic (exact) mass is 248 g/mol. The minimum Gasteiger partial charge on any atom is -0.203 e. The molecule has 0 heterocycles. The SMILES string of the molecule is CCCc1ccc2cc(CCC)c(F)c(F)c2c1. The summed E-state index contributed by atoms with van der Waals surface area (Å²) in [6.45, 7) is 4.04.